The molecule has 1 fully saturated rings. The molecule has 1 aliphatic heterocycles. The van der Waals surface area contributed by atoms with Crippen LogP contribution in [0.2, 0.25) is 0 Å². The summed E-state index contributed by atoms with van der Waals surface area (Å²) in [5, 5.41) is 12.1. The van der Waals surface area contributed by atoms with Crippen LogP contribution in [0.1, 0.15) is 45.6 Å². The first-order valence-corrected chi connectivity index (χ1v) is 8.78. The van der Waals surface area contributed by atoms with Gasteiger partial charge in [-0.1, -0.05) is 19.1 Å². The molecule has 0 unspecified atom stereocenters. The van der Waals surface area contributed by atoms with E-state index in [2.05, 4.69) is 5.32 Å². The van der Waals surface area contributed by atoms with Gasteiger partial charge < -0.3 is 20.1 Å². The van der Waals surface area contributed by atoms with Gasteiger partial charge in [-0.25, -0.2) is 9.18 Å². The summed E-state index contributed by atoms with van der Waals surface area (Å²) in [5.41, 5.74) is 0.0742. The number of nitrogens with one attached hydrogen (secondary N) is 1. The molecule has 6 nitrogen and oxygen atoms in total. The number of amides is 2. The third-order valence-electron chi connectivity index (χ3n) is 4.30. The van der Waals surface area contributed by atoms with Gasteiger partial charge in [-0.2, -0.15) is 0 Å². The van der Waals surface area contributed by atoms with Gasteiger partial charge in [0.1, 0.15) is 23.6 Å². The highest BCUT2D eigenvalue weighted by Crippen LogP contribution is 2.25. The third kappa shape index (κ3) is 5.34. The fraction of sp³-hybridized carbons (Fsp3) is 0.579. The summed E-state index contributed by atoms with van der Waals surface area (Å²) in [6, 6.07) is 5.54. The number of hydrogen-bond acceptors (Lipinski definition) is 4. The number of alkyl carbamates (subject to hydrolysis) is 1. The van der Waals surface area contributed by atoms with Crippen LogP contribution in [0.4, 0.5) is 9.18 Å². The minimum Gasteiger partial charge on any atom is -0.508 e. The molecule has 3 atom stereocenters. The summed E-state index contributed by atoms with van der Waals surface area (Å²) in [6.07, 6.45) is -1.43. The average molecular weight is 366 g/mol. The molecule has 0 spiro atoms. The molecule has 1 aromatic rings. The molecular formula is C19H27FN2O4. The van der Waals surface area contributed by atoms with E-state index in [1.165, 1.54) is 17.0 Å². The highest BCUT2D eigenvalue weighted by Gasteiger charge is 2.36. The van der Waals surface area contributed by atoms with E-state index in [9.17, 15) is 19.1 Å². The van der Waals surface area contributed by atoms with E-state index in [1.807, 2.05) is 0 Å². The van der Waals surface area contributed by atoms with Gasteiger partial charge in [-0.05, 0) is 44.9 Å². The Labute approximate surface area is 153 Å². The molecule has 2 rings (SSSR count). The van der Waals surface area contributed by atoms with Gasteiger partial charge in [-0.15, -0.1) is 0 Å². The number of ether oxygens (including phenoxy) is 1. The molecule has 1 aromatic carbocycles. The standard InChI is InChI=1S/C19H27FN2O4/c1-12(13-5-7-15(23)8-6-13)16(21-18(25)26-19(2,3)4)17(24)22-10-9-14(20)11-22/h5-8,12,14,16,23H,9-11H2,1-4H3,(H,21,25)/t12-,14-,16-/m0/s1. The fourth-order valence-corrected chi connectivity index (χ4v) is 2.92. The zero-order valence-corrected chi connectivity index (χ0v) is 15.7. The number of benzene rings is 1. The van der Waals surface area contributed by atoms with E-state index >= 15 is 0 Å². The molecule has 144 valence electrons. The number of aromatic hydroxyl groups is 1. The van der Waals surface area contributed by atoms with Crippen molar-refractivity contribution < 1.29 is 23.8 Å². The monoisotopic (exact) mass is 366 g/mol. The van der Waals surface area contributed by atoms with Crippen molar-refractivity contribution in [2.75, 3.05) is 13.1 Å². The Hall–Kier alpha value is -2.31. The fourth-order valence-electron chi connectivity index (χ4n) is 2.92. The van der Waals surface area contributed by atoms with E-state index in [4.69, 9.17) is 4.74 Å². The smallest absolute Gasteiger partial charge is 0.408 e. The Morgan fingerprint density at radius 1 is 1.31 bits per heavy atom. The van der Waals surface area contributed by atoms with Crippen LogP contribution in [0, 0.1) is 0 Å². The van der Waals surface area contributed by atoms with Gasteiger partial charge in [0.05, 0.1) is 6.54 Å². The topological polar surface area (TPSA) is 78.9 Å². The lowest BCUT2D eigenvalue weighted by Gasteiger charge is -2.30. The second kappa shape index (κ2) is 7.93. The zero-order valence-electron chi connectivity index (χ0n) is 15.7. The van der Waals surface area contributed by atoms with Crippen molar-refractivity contribution >= 4 is 12.0 Å². The number of rotatable bonds is 4. The minimum atomic E-state index is -1.04. The normalized spacial score (nSPS) is 19.7. The number of halogens is 1. The van der Waals surface area contributed by atoms with Crippen LogP contribution in [0.5, 0.6) is 5.75 Å². The number of alkyl halides is 1. The Morgan fingerprint density at radius 3 is 2.42 bits per heavy atom. The Kier molecular flexibility index (Phi) is 6.10. The van der Waals surface area contributed by atoms with Crippen molar-refractivity contribution in [3.05, 3.63) is 29.8 Å². The molecule has 1 heterocycles. The summed E-state index contributed by atoms with van der Waals surface area (Å²) in [7, 11) is 0. The molecule has 2 N–H and O–H groups in total. The lowest BCUT2D eigenvalue weighted by Crippen LogP contribution is -2.51. The maximum absolute atomic E-state index is 13.5. The largest absolute Gasteiger partial charge is 0.508 e. The first-order chi connectivity index (χ1) is 12.1. The van der Waals surface area contributed by atoms with Crippen molar-refractivity contribution in [3.8, 4) is 5.75 Å². The molecule has 1 saturated heterocycles. The lowest BCUT2D eigenvalue weighted by molar-refractivity contribution is -0.133. The summed E-state index contributed by atoms with van der Waals surface area (Å²) in [4.78, 5) is 26.6. The van der Waals surface area contributed by atoms with Gasteiger partial charge in [-0.3, -0.25) is 4.79 Å². The molecule has 0 aromatic heterocycles. The van der Waals surface area contributed by atoms with E-state index in [0.717, 1.165) is 5.56 Å². The molecule has 7 heteroatoms. The van der Waals surface area contributed by atoms with Crippen LogP contribution >= 0.6 is 0 Å². The number of nitrogens with zero attached hydrogens (tertiary/aromatic N) is 1. The number of carbonyl (C=O) groups is 2. The van der Waals surface area contributed by atoms with E-state index in [-0.39, 0.29) is 24.1 Å². The number of likely N-dealkylation sites (tertiary alicyclic amines) is 1. The van der Waals surface area contributed by atoms with Gasteiger partial charge in [0.25, 0.3) is 0 Å². The summed E-state index contributed by atoms with van der Waals surface area (Å²) in [5.74, 6) is -0.602. The number of hydrogen-bond donors (Lipinski definition) is 2. The second-order valence-electron chi connectivity index (χ2n) is 7.67. The van der Waals surface area contributed by atoms with Crippen molar-refractivity contribution in [1.82, 2.24) is 10.2 Å². The van der Waals surface area contributed by atoms with Gasteiger partial charge in [0.15, 0.2) is 0 Å². The van der Waals surface area contributed by atoms with Crippen LogP contribution in [0.25, 0.3) is 0 Å². The van der Waals surface area contributed by atoms with Crippen LogP contribution < -0.4 is 5.32 Å². The van der Waals surface area contributed by atoms with E-state index in [1.54, 1.807) is 39.8 Å². The van der Waals surface area contributed by atoms with Crippen molar-refractivity contribution in [3.63, 3.8) is 0 Å². The quantitative estimate of drug-likeness (QED) is 0.859. The molecule has 0 bridgehead atoms. The lowest BCUT2D eigenvalue weighted by atomic mass is 9.92. The number of carbonyl (C=O) groups excluding carboxylic acids is 2. The Morgan fingerprint density at radius 2 is 1.92 bits per heavy atom. The molecular weight excluding hydrogens is 339 g/mol. The Bertz CT molecular complexity index is 642. The van der Waals surface area contributed by atoms with Crippen LogP contribution in [-0.2, 0) is 9.53 Å². The third-order valence-corrected chi connectivity index (χ3v) is 4.30. The molecule has 1 aliphatic rings. The first-order valence-electron chi connectivity index (χ1n) is 8.78. The molecule has 0 saturated carbocycles. The van der Waals surface area contributed by atoms with E-state index in [0.29, 0.717) is 13.0 Å². The van der Waals surface area contributed by atoms with Crippen LogP contribution in [-0.4, -0.2) is 52.9 Å². The highest BCUT2D eigenvalue weighted by molar-refractivity contribution is 5.87. The highest BCUT2D eigenvalue weighted by atomic mass is 19.1. The Balaban J connectivity index is 2.21. The summed E-state index contributed by atoms with van der Waals surface area (Å²) >= 11 is 0. The maximum atomic E-state index is 13.5. The summed E-state index contributed by atoms with van der Waals surface area (Å²) < 4.78 is 18.8. The minimum absolute atomic E-state index is 0.0353. The van der Waals surface area contributed by atoms with Crippen molar-refractivity contribution in [1.29, 1.82) is 0 Å². The predicted molar refractivity (Wildman–Crippen MR) is 95.8 cm³/mol. The predicted octanol–water partition coefficient (Wildman–Crippen LogP) is 2.96. The number of phenolic OH excluding ortho intramolecular Hbond substituents is 1. The van der Waals surface area contributed by atoms with Crippen molar-refractivity contribution in [2.24, 2.45) is 0 Å². The molecule has 0 radical (unpaired) electrons. The molecule has 0 aliphatic carbocycles. The van der Waals surface area contributed by atoms with Gasteiger partial charge >= 0.3 is 6.09 Å². The van der Waals surface area contributed by atoms with Crippen LogP contribution in [0.15, 0.2) is 24.3 Å². The average Bonchev–Trinajstić information content (AvgIpc) is 2.97. The van der Waals surface area contributed by atoms with Gasteiger partial charge in [0.2, 0.25) is 5.91 Å². The molecule has 2 amide bonds. The second-order valence-corrected chi connectivity index (χ2v) is 7.67. The van der Waals surface area contributed by atoms with Crippen molar-refractivity contribution in [2.45, 2.75) is 57.8 Å². The van der Waals surface area contributed by atoms with Gasteiger partial charge in [0, 0.05) is 12.5 Å². The summed E-state index contributed by atoms with van der Waals surface area (Å²) in [6.45, 7) is 7.38. The zero-order chi connectivity index (χ0) is 19.5. The molecule has 26 heavy (non-hydrogen) atoms. The number of phenols is 1. The SMILES string of the molecule is C[C@@H](c1ccc(O)cc1)[C@H](NC(=O)OC(C)(C)C)C(=O)N1CC[C@H](F)C1. The first kappa shape index (κ1) is 20.0. The van der Waals surface area contributed by atoms with E-state index < -0.39 is 23.9 Å². The van der Waals surface area contributed by atoms with Crippen LogP contribution in [0.3, 0.4) is 0 Å². The maximum Gasteiger partial charge on any atom is 0.408 e.